The van der Waals surface area contributed by atoms with Gasteiger partial charge in [-0.2, -0.15) is 0 Å². The van der Waals surface area contributed by atoms with Crippen molar-refractivity contribution in [2.24, 2.45) is 11.7 Å². The summed E-state index contributed by atoms with van der Waals surface area (Å²) in [5.74, 6) is -1.54. The van der Waals surface area contributed by atoms with Crippen molar-refractivity contribution in [1.29, 1.82) is 0 Å². The maximum atomic E-state index is 11.8. The first-order chi connectivity index (χ1) is 6.92. The Kier molecular flexibility index (Phi) is 4.32. The molecule has 0 aromatic carbocycles. The second-order valence-corrected chi connectivity index (χ2v) is 6.77. The summed E-state index contributed by atoms with van der Waals surface area (Å²) in [7, 11) is -3.35. The molecule has 1 aliphatic rings. The minimum absolute atomic E-state index is 0.0792. The zero-order valence-corrected chi connectivity index (χ0v) is 9.53. The van der Waals surface area contributed by atoms with Gasteiger partial charge in [-0.25, -0.2) is 0 Å². The van der Waals surface area contributed by atoms with Crippen LogP contribution in [0.3, 0.4) is 0 Å². The Hall–Kier alpha value is -0.380. The minimum atomic E-state index is -3.35. The fourth-order valence-electron chi connectivity index (χ4n) is 1.65. The molecule has 0 aromatic heterocycles. The van der Waals surface area contributed by atoms with E-state index in [9.17, 15) is 14.3 Å². The molecule has 2 unspecified atom stereocenters. The van der Waals surface area contributed by atoms with E-state index in [1.165, 1.54) is 0 Å². The molecule has 0 bridgehead atoms. The first-order valence-electron chi connectivity index (χ1n) is 5.20. The normalized spacial score (nSPS) is 22.8. The van der Waals surface area contributed by atoms with E-state index >= 15 is 0 Å². The standard InChI is InChI=1S/C9H18NO4P/c10-8(4-5-9(11)12)15(13,14)6-7-2-1-3-7/h7-8H,1-6,10H2,(H,11,12)(H,13,14). The summed E-state index contributed by atoms with van der Waals surface area (Å²) < 4.78 is 11.8. The van der Waals surface area contributed by atoms with Crippen LogP contribution in [-0.4, -0.2) is 27.9 Å². The fraction of sp³-hybridized carbons (Fsp3) is 0.889. The molecule has 15 heavy (non-hydrogen) atoms. The van der Waals surface area contributed by atoms with Crippen molar-refractivity contribution in [3.05, 3.63) is 0 Å². The number of carboxylic acid groups (broad SMARTS) is 1. The Morgan fingerprint density at radius 1 is 1.53 bits per heavy atom. The molecule has 5 nitrogen and oxygen atoms in total. The Morgan fingerprint density at radius 2 is 2.13 bits per heavy atom. The van der Waals surface area contributed by atoms with Crippen LogP contribution in [0.4, 0.5) is 0 Å². The van der Waals surface area contributed by atoms with Crippen LogP contribution < -0.4 is 5.73 Å². The highest BCUT2D eigenvalue weighted by molar-refractivity contribution is 7.58. The van der Waals surface area contributed by atoms with Gasteiger partial charge in [-0.15, -0.1) is 0 Å². The van der Waals surface area contributed by atoms with Crippen LogP contribution in [0, 0.1) is 5.92 Å². The highest BCUT2D eigenvalue weighted by Crippen LogP contribution is 2.50. The Balaban J connectivity index is 2.37. The quantitative estimate of drug-likeness (QED) is 0.600. The lowest BCUT2D eigenvalue weighted by Crippen LogP contribution is -2.26. The number of hydrogen-bond donors (Lipinski definition) is 3. The van der Waals surface area contributed by atoms with Gasteiger partial charge in [0.2, 0.25) is 7.37 Å². The van der Waals surface area contributed by atoms with Gasteiger partial charge >= 0.3 is 5.97 Å². The lowest BCUT2D eigenvalue weighted by molar-refractivity contribution is -0.137. The summed E-state index contributed by atoms with van der Waals surface area (Å²) in [4.78, 5) is 20.0. The van der Waals surface area contributed by atoms with E-state index in [-0.39, 0.29) is 19.0 Å². The molecule has 0 saturated heterocycles. The fourth-order valence-corrected chi connectivity index (χ4v) is 3.56. The molecule has 0 heterocycles. The predicted octanol–water partition coefficient (Wildman–Crippen LogP) is 1.21. The van der Waals surface area contributed by atoms with Crippen molar-refractivity contribution < 1.29 is 19.4 Å². The summed E-state index contributed by atoms with van der Waals surface area (Å²) in [6.07, 6.45) is 3.31. The molecule has 0 radical (unpaired) electrons. The van der Waals surface area contributed by atoms with Crippen molar-refractivity contribution in [3.63, 3.8) is 0 Å². The van der Waals surface area contributed by atoms with E-state index in [0.717, 1.165) is 19.3 Å². The lowest BCUT2D eigenvalue weighted by atomic mass is 9.87. The minimum Gasteiger partial charge on any atom is -0.481 e. The van der Waals surface area contributed by atoms with Gasteiger partial charge in [-0.05, 0) is 25.2 Å². The smallest absolute Gasteiger partial charge is 0.303 e. The molecule has 88 valence electrons. The van der Waals surface area contributed by atoms with Crippen LogP contribution in [0.1, 0.15) is 32.1 Å². The molecule has 4 N–H and O–H groups in total. The number of carbonyl (C=O) groups is 1. The zero-order chi connectivity index (χ0) is 11.5. The van der Waals surface area contributed by atoms with Crippen LogP contribution in [0.15, 0.2) is 0 Å². The zero-order valence-electron chi connectivity index (χ0n) is 8.63. The van der Waals surface area contributed by atoms with Crippen molar-refractivity contribution in [2.75, 3.05) is 6.16 Å². The van der Waals surface area contributed by atoms with Gasteiger partial charge in [-0.1, -0.05) is 6.42 Å². The van der Waals surface area contributed by atoms with E-state index in [4.69, 9.17) is 10.8 Å². The third-order valence-corrected chi connectivity index (χ3v) is 5.25. The Bertz CT molecular complexity index is 277. The molecule has 1 rings (SSSR count). The average molecular weight is 235 g/mol. The largest absolute Gasteiger partial charge is 0.481 e. The summed E-state index contributed by atoms with van der Waals surface area (Å²) in [5, 5.41) is 8.44. The Labute approximate surface area is 89.1 Å². The number of hydrogen-bond acceptors (Lipinski definition) is 3. The average Bonchev–Trinajstić information content (AvgIpc) is 2.07. The van der Waals surface area contributed by atoms with E-state index in [1.807, 2.05) is 0 Å². The second-order valence-electron chi connectivity index (χ2n) is 4.23. The van der Waals surface area contributed by atoms with Crippen LogP contribution in [0.2, 0.25) is 0 Å². The van der Waals surface area contributed by atoms with Gasteiger partial charge < -0.3 is 15.7 Å². The molecule has 0 aromatic rings. The maximum Gasteiger partial charge on any atom is 0.303 e. The molecule has 1 saturated carbocycles. The molecule has 0 amide bonds. The van der Waals surface area contributed by atoms with Gasteiger partial charge in [0.05, 0.1) is 5.78 Å². The topological polar surface area (TPSA) is 101 Å². The summed E-state index contributed by atoms with van der Waals surface area (Å²) >= 11 is 0. The van der Waals surface area contributed by atoms with Crippen LogP contribution in [0.5, 0.6) is 0 Å². The van der Waals surface area contributed by atoms with Crippen molar-refractivity contribution in [1.82, 2.24) is 0 Å². The Morgan fingerprint density at radius 3 is 2.53 bits per heavy atom. The maximum absolute atomic E-state index is 11.8. The summed E-state index contributed by atoms with van der Waals surface area (Å²) in [6.45, 7) is 0. The van der Waals surface area contributed by atoms with E-state index in [2.05, 4.69) is 0 Å². The third kappa shape index (κ3) is 3.93. The highest BCUT2D eigenvalue weighted by atomic mass is 31.2. The second kappa shape index (κ2) is 5.10. The molecule has 0 spiro atoms. The molecule has 1 fully saturated rings. The molecule has 1 aliphatic carbocycles. The van der Waals surface area contributed by atoms with Gasteiger partial charge in [0.25, 0.3) is 0 Å². The SMILES string of the molecule is NC(CCC(=O)O)P(=O)(O)CC1CCC1. The van der Waals surface area contributed by atoms with Gasteiger partial charge in [0.1, 0.15) is 0 Å². The molecular weight excluding hydrogens is 217 g/mol. The van der Waals surface area contributed by atoms with Crippen molar-refractivity contribution >= 4 is 13.3 Å². The number of aliphatic carboxylic acids is 1. The van der Waals surface area contributed by atoms with Crippen LogP contribution >= 0.6 is 7.37 Å². The van der Waals surface area contributed by atoms with Gasteiger partial charge in [0.15, 0.2) is 0 Å². The van der Waals surface area contributed by atoms with Gasteiger partial charge in [0, 0.05) is 12.6 Å². The van der Waals surface area contributed by atoms with Gasteiger partial charge in [-0.3, -0.25) is 9.36 Å². The van der Waals surface area contributed by atoms with Crippen molar-refractivity contribution in [2.45, 2.75) is 37.9 Å². The van der Waals surface area contributed by atoms with Crippen LogP contribution in [0.25, 0.3) is 0 Å². The van der Waals surface area contributed by atoms with E-state index in [0.29, 0.717) is 5.92 Å². The third-order valence-electron chi connectivity index (χ3n) is 2.92. The summed E-state index contributed by atoms with van der Waals surface area (Å²) in [5.41, 5.74) is 5.55. The molecule has 2 atom stereocenters. The number of nitrogens with two attached hydrogens (primary N) is 1. The number of rotatable bonds is 6. The molecular formula is C9H18NO4P. The predicted molar refractivity (Wildman–Crippen MR) is 56.9 cm³/mol. The van der Waals surface area contributed by atoms with Crippen molar-refractivity contribution in [3.8, 4) is 0 Å². The van der Waals surface area contributed by atoms with E-state index in [1.54, 1.807) is 0 Å². The van der Waals surface area contributed by atoms with E-state index < -0.39 is 19.1 Å². The first kappa shape index (κ1) is 12.7. The van der Waals surface area contributed by atoms with Crippen LogP contribution in [-0.2, 0) is 9.36 Å². The number of carboxylic acids is 1. The lowest BCUT2D eigenvalue weighted by Gasteiger charge is -2.29. The highest BCUT2D eigenvalue weighted by Gasteiger charge is 2.33. The summed E-state index contributed by atoms with van der Waals surface area (Å²) in [6, 6.07) is 0. The monoisotopic (exact) mass is 235 g/mol. The molecule has 6 heteroatoms. The molecule has 0 aliphatic heterocycles. The first-order valence-corrected chi connectivity index (χ1v) is 7.12.